The lowest BCUT2D eigenvalue weighted by molar-refractivity contribution is -0.0440. The highest BCUT2D eigenvalue weighted by atomic mass is 35.5. The second-order valence-electron chi connectivity index (χ2n) is 9.17. The van der Waals surface area contributed by atoms with Gasteiger partial charge in [0.25, 0.3) is 5.91 Å². The van der Waals surface area contributed by atoms with E-state index in [0.29, 0.717) is 19.5 Å². The van der Waals surface area contributed by atoms with Gasteiger partial charge < -0.3 is 9.64 Å². The first-order chi connectivity index (χ1) is 17.2. The zero-order valence-electron chi connectivity index (χ0n) is 20.5. The van der Waals surface area contributed by atoms with Crippen LogP contribution in [-0.4, -0.2) is 55.4 Å². The summed E-state index contributed by atoms with van der Waals surface area (Å²) >= 11 is 6.37. The molecule has 1 heterocycles. The highest BCUT2D eigenvalue weighted by Crippen LogP contribution is 2.29. The molecule has 0 spiro atoms. The Balaban J connectivity index is 1.62. The van der Waals surface area contributed by atoms with E-state index in [0.717, 1.165) is 11.1 Å². The number of nitrogens with zero attached hydrogens (tertiary/aromatic N) is 2. The first-order valence-electron chi connectivity index (χ1n) is 12.1. The molecule has 2 atom stereocenters. The molecule has 1 saturated heterocycles. The van der Waals surface area contributed by atoms with Crippen molar-refractivity contribution in [3.63, 3.8) is 0 Å². The van der Waals surface area contributed by atoms with Gasteiger partial charge in [0.05, 0.1) is 17.2 Å². The Bertz CT molecular complexity index is 1280. The standard InChI is InChI=1S/C28H31ClN2O4S/c1-21-18-31(19-22(2)35-21)36(33,34)27-17-25(13-14-26(27)29)28(32)30(20-24-11-7-4-8-12-24)16-15-23-9-5-3-6-10-23/h3-14,17,21-22H,15-16,18-20H2,1-2H3/t21-,22+. The maximum atomic E-state index is 13.7. The van der Waals surface area contributed by atoms with Gasteiger partial charge in [-0.15, -0.1) is 0 Å². The van der Waals surface area contributed by atoms with Gasteiger partial charge in [-0.3, -0.25) is 4.79 Å². The number of amides is 1. The maximum Gasteiger partial charge on any atom is 0.254 e. The van der Waals surface area contributed by atoms with E-state index in [1.165, 1.54) is 16.4 Å². The predicted molar refractivity (Wildman–Crippen MR) is 142 cm³/mol. The number of benzene rings is 3. The van der Waals surface area contributed by atoms with E-state index in [1.54, 1.807) is 11.0 Å². The van der Waals surface area contributed by atoms with E-state index in [1.807, 2.05) is 74.5 Å². The van der Waals surface area contributed by atoms with E-state index in [2.05, 4.69) is 0 Å². The second-order valence-corrected chi connectivity index (χ2v) is 11.5. The van der Waals surface area contributed by atoms with Gasteiger partial charge in [0.15, 0.2) is 0 Å². The minimum atomic E-state index is -3.90. The number of ether oxygens (including phenoxy) is 1. The summed E-state index contributed by atoms with van der Waals surface area (Å²) in [7, 11) is -3.90. The van der Waals surface area contributed by atoms with Crippen LogP contribution < -0.4 is 0 Å². The van der Waals surface area contributed by atoms with Crippen molar-refractivity contribution in [3.8, 4) is 0 Å². The number of rotatable bonds is 8. The van der Waals surface area contributed by atoms with Gasteiger partial charge in [0.1, 0.15) is 4.90 Å². The highest BCUT2D eigenvalue weighted by molar-refractivity contribution is 7.89. The monoisotopic (exact) mass is 526 g/mol. The van der Waals surface area contributed by atoms with Crippen LogP contribution in [0.4, 0.5) is 0 Å². The number of sulfonamides is 1. The summed E-state index contributed by atoms with van der Waals surface area (Å²) < 4.78 is 34.1. The molecule has 0 saturated carbocycles. The van der Waals surface area contributed by atoms with Gasteiger partial charge in [0, 0.05) is 31.7 Å². The molecule has 1 amide bonds. The van der Waals surface area contributed by atoms with Crippen molar-refractivity contribution in [2.45, 2.75) is 43.9 Å². The lowest BCUT2D eigenvalue weighted by atomic mass is 10.1. The molecule has 0 bridgehead atoms. The molecule has 0 aromatic heterocycles. The summed E-state index contributed by atoms with van der Waals surface area (Å²) in [6.45, 7) is 5.05. The molecule has 1 fully saturated rings. The summed E-state index contributed by atoms with van der Waals surface area (Å²) in [4.78, 5) is 15.4. The smallest absolute Gasteiger partial charge is 0.254 e. The van der Waals surface area contributed by atoms with Crippen molar-refractivity contribution in [2.24, 2.45) is 0 Å². The third-order valence-corrected chi connectivity index (χ3v) is 8.51. The Labute approximate surface area is 218 Å². The second kappa shape index (κ2) is 11.6. The summed E-state index contributed by atoms with van der Waals surface area (Å²) in [5.74, 6) is -0.244. The van der Waals surface area contributed by atoms with Crippen LogP contribution in [0.25, 0.3) is 0 Å². The molecule has 1 aliphatic heterocycles. The molecule has 0 N–H and O–H groups in total. The molecule has 0 unspecified atom stereocenters. The first-order valence-corrected chi connectivity index (χ1v) is 13.9. The van der Waals surface area contributed by atoms with Crippen molar-refractivity contribution in [1.82, 2.24) is 9.21 Å². The molecule has 0 aliphatic carbocycles. The molecule has 3 aromatic rings. The van der Waals surface area contributed by atoms with E-state index in [9.17, 15) is 13.2 Å². The predicted octanol–water partition coefficient (Wildman–Crippen LogP) is 5.02. The zero-order valence-corrected chi connectivity index (χ0v) is 22.1. The SMILES string of the molecule is C[C@@H]1CN(S(=O)(=O)c2cc(C(=O)N(CCc3ccccc3)Cc3ccccc3)ccc2Cl)C[C@H](C)O1. The first kappa shape index (κ1) is 26.4. The van der Waals surface area contributed by atoms with Gasteiger partial charge in [-0.1, -0.05) is 72.3 Å². The minimum absolute atomic E-state index is 0.0564. The number of morpholine rings is 1. The molecule has 4 rings (SSSR count). The van der Waals surface area contributed by atoms with Crippen LogP contribution in [0.3, 0.4) is 0 Å². The zero-order chi connectivity index (χ0) is 25.7. The fourth-order valence-corrected chi connectivity index (χ4v) is 6.54. The molecule has 36 heavy (non-hydrogen) atoms. The summed E-state index contributed by atoms with van der Waals surface area (Å²) in [5.41, 5.74) is 2.41. The Morgan fingerprint density at radius 1 is 0.944 bits per heavy atom. The van der Waals surface area contributed by atoms with Crippen molar-refractivity contribution < 1.29 is 17.9 Å². The van der Waals surface area contributed by atoms with Crippen LogP contribution in [0.5, 0.6) is 0 Å². The van der Waals surface area contributed by atoms with Gasteiger partial charge in [-0.05, 0) is 49.6 Å². The molecule has 8 heteroatoms. The molecule has 1 aliphatic rings. The lowest BCUT2D eigenvalue weighted by Gasteiger charge is -2.34. The van der Waals surface area contributed by atoms with E-state index >= 15 is 0 Å². The van der Waals surface area contributed by atoms with Gasteiger partial charge >= 0.3 is 0 Å². The lowest BCUT2D eigenvalue weighted by Crippen LogP contribution is -2.48. The Morgan fingerprint density at radius 3 is 2.14 bits per heavy atom. The average Bonchev–Trinajstić information content (AvgIpc) is 2.87. The molecular weight excluding hydrogens is 496 g/mol. The largest absolute Gasteiger partial charge is 0.373 e. The number of hydrogen-bond donors (Lipinski definition) is 0. The normalized spacial score (nSPS) is 18.6. The van der Waals surface area contributed by atoms with E-state index in [4.69, 9.17) is 16.3 Å². The van der Waals surface area contributed by atoms with Crippen LogP contribution in [0.15, 0.2) is 83.8 Å². The molecule has 6 nitrogen and oxygen atoms in total. The highest BCUT2D eigenvalue weighted by Gasteiger charge is 2.34. The van der Waals surface area contributed by atoms with Gasteiger partial charge in [0.2, 0.25) is 10.0 Å². The van der Waals surface area contributed by atoms with Crippen molar-refractivity contribution in [1.29, 1.82) is 0 Å². The maximum absolute atomic E-state index is 13.7. The number of carbonyl (C=O) groups is 1. The van der Waals surface area contributed by atoms with Gasteiger partial charge in [-0.2, -0.15) is 4.31 Å². The third-order valence-electron chi connectivity index (χ3n) is 6.20. The number of carbonyl (C=O) groups excluding carboxylic acids is 1. The van der Waals surface area contributed by atoms with E-state index in [-0.39, 0.29) is 46.7 Å². The third kappa shape index (κ3) is 6.34. The van der Waals surface area contributed by atoms with Crippen LogP contribution in [0, 0.1) is 0 Å². The molecule has 0 radical (unpaired) electrons. The van der Waals surface area contributed by atoms with Gasteiger partial charge in [-0.25, -0.2) is 8.42 Å². The summed E-state index contributed by atoms with van der Waals surface area (Å²) in [5, 5.41) is 0.0947. The average molecular weight is 527 g/mol. The number of hydrogen-bond acceptors (Lipinski definition) is 4. The van der Waals surface area contributed by atoms with E-state index < -0.39 is 10.0 Å². The van der Waals surface area contributed by atoms with Crippen molar-refractivity contribution in [2.75, 3.05) is 19.6 Å². The fourth-order valence-electron chi connectivity index (χ4n) is 4.45. The number of halogens is 1. The summed E-state index contributed by atoms with van der Waals surface area (Å²) in [6, 6.07) is 24.2. The van der Waals surface area contributed by atoms with Crippen LogP contribution in [-0.2, 0) is 27.7 Å². The van der Waals surface area contributed by atoms with Crippen LogP contribution in [0.1, 0.15) is 35.3 Å². The van der Waals surface area contributed by atoms with Crippen molar-refractivity contribution in [3.05, 3.63) is 101 Å². The van der Waals surface area contributed by atoms with Crippen LogP contribution >= 0.6 is 11.6 Å². The Morgan fingerprint density at radius 2 is 1.53 bits per heavy atom. The molecular formula is C28H31ClN2O4S. The molecule has 3 aromatic carbocycles. The Hall–Kier alpha value is -2.71. The minimum Gasteiger partial charge on any atom is -0.373 e. The van der Waals surface area contributed by atoms with Crippen LogP contribution in [0.2, 0.25) is 5.02 Å². The molecule has 190 valence electrons. The topological polar surface area (TPSA) is 66.9 Å². The summed E-state index contributed by atoms with van der Waals surface area (Å²) in [6.07, 6.45) is 0.222. The Kier molecular flexibility index (Phi) is 8.46. The van der Waals surface area contributed by atoms with Crippen molar-refractivity contribution >= 4 is 27.5 Å². The quantitative estimate of drug-likeness (QED) is 0.413. The fraction of sp³-hybridized carbons (Fsp3) is 0.321.